The molecule has 1 aliphatic heterocycles. The van der Waals surface area contributed by atoms with Crippen molar-refractivity contribution in [2.75, 3.05) is 38.1 Å². The first-order valence-electron chi connectivity index (χ1n) is 8.72. The van der Waals surface area contributed by atoms with Gasteiger partial charge in [0.25, 0.3) is 0 Å². The van der Waals surface area contributed by atoms with Crippen LogP contribution in [0, 0.1) is 0 Å². The molecule has 4 rings (SSSR count). The number of hydrogen-bond donors (Lipinski definition) is 0. The van der Waals surface area contributed by atoms with E-state index in [1.54, 1.807) is 6.33 Å². The SMILES string of the molecule is CN1CCN(c2ncnc3c2CCC(c2cccc(Cl)c2)C3)CC1. The van der Waals surface area contributed by atoms with Crippen molar-refractivity contribution in [3.8, 4) is 0 Å². The summed E-state index contributed by atoms with van der Waals surface area (Å²) in [5.41, 5.74) is 3.91. The first-order valence-corrected chi connectivity index (χ1v) is 9.10. The number of likely N-dealkylation sites (N-methyl/N-ethyl adjacent to an activating group) is 1. The molecule has 4 nitrogen and oxygen atoms in total. The molecule has 2 aliphatic rings. The highest BCUT2D eigenvalue weighted by Gasteiger charge is 2.26. The molecular weight excluding hydrogens is 320 g/mol. The van der Waals surface area contributed by atoms with Crippen molar-refractivity contribution in [2.24, 2.45) is 0 Å². The predicted octanol–water partition coefficient (Wildman–Crippen LogP) is 3.15. The number of nitrogens with zero attached hydrogens (tertiary/aromatic N) is 4. The number of fused-ring (bicyclic) bond motifs is 1. The van der Waals surface area contributed by atoms with Gasteiger partial charge in [-0.1, -0.05) is 23.7 Å². The van der Waals surface area contributed by atoms with Crippen LogP contribution in [0.3, 0.4) is 0 Å². The van der Waals surface area contributed by atoms with Gasteiger partial charge in [0.05, 0.1) is 0 Å². The lowest BCUT2D eigenvalue weighted by atomic mass is 9.82. The van der Waals surface area contributed by atoms with Crippen LogP contribution in [0.25, 0.3) is 0 Å². The van der Waals surface area contributed by atoms with Gasteiger partial charge in [0.15, 0.2) is 0 Å². The Bertz CT molecular complexity index is 725. The molecule has 1 saturated heterocycles. The summed E-state index contributed by atoms with van der Waals surface area (Å²) in [6.45, 7) is 4.31. The monoisotopic (exact) mass is 342 g/mol. The minimum Gasteiger partial charge on any atom is -0.354 e. The summed E-state index contributed by atoms with van der Waals surface area (Å²) >= 11 is 6.17. The fraction of sp³-hybridized carbons (Fsp3) is 0.474. The van der Waals surface area contributed by atoms with Gasteiger partial charge in [0, 0.05) is 42.5 Å². The molecule has 24 heavy (non-hydrogen) atoms. The molecule has 2 aromatic rings. The van der Waals surface area contributed by atoms with Gasteiger partial charge < -0.3 is 9.80 Å². The van der Waals surface area contributed by atoms with Crippen LogP contribution < -0.4 is 4.90 Å². The zero-order valence-electron chi connectivity index (χ0n) is 14.1. The number of rotatable bonds is 2. The number of anilines is 1. The lowest BCUT2D eigenvalue weighted by molar-refractivity contribution is 0.311. The van der Waals surface area contributed by atoms with E-state index in [2.05, 4.69) is 38.9 Å². The van der Waals surface area contributed by atoms with Crippen LogP contribution in [0.15, 0.2) is 30.6 Å². The molecule has 0 bridgehead atoms. The normalized spacial score (nSPS) is 21.6. The highest BCUT2D eigenvalue weighted by molar-refractivity contribution is 6.30. The summed E-state index contributed by atoms with van der Waals surface area (Å²) < 4.78 is 0. The molecule has 0 N–H and O–H groups in total. The Morgan fingerprint density at radius 1 is 1.12 bits per heavy atom. The molecule has 1 aromatic carbocycles. The average Bonchev–Trinajstić information content (AvgIpc) is 2.61. The Morgan fingerprint density at radius 3 is 2.75 bits per heavy atom. The molecule has 1 fully saturated rings. The Balaban J connectivity index is 1.58. The van der Waals surface area contributed by atoms with Crippen molar-refractivity contribution >= 4 is 17.4 Å². The molecular formula is C19H23ClN4. The lowest BCUT2D eigenvalue weighted by Gasteiger charge is -2.35. The molecule has 0 amide bonds. The second kappa shape index (κ2) is 6.69. The first-order chi connectivity index (χ1) is 11.7. The fourth-order valence-electron chi connectivity index (χ4n) is 3.86. The molecule has 1 aliphatic carbocycles. The maximum absolute atomic E-state index is 6.17. The Kier molecular flexibility index (Phi) is 4.42. The fourth-order valence-corrected chi connectivity index (χ4v) is 4.06. The topological polar surface area (TPSA) is 32.3 Å². The summed E-state index contributed by atoms with van der Waals surface area (Å²) in [6, 6.07) is 8.27. The second-order valence-electron chi connectivity index (χ2n) is 6.91. The minimum absolute atomic E-state index is 0.506. The highest BCUT2D eigenvalue weighted by Crippen LogP contribution is 2.35. The van der Waals surface area contributed by atoms with E-state index in [1.165, 1.54) is 16.8 Å². The van der Waals surface area contributed by atoms with Gasteiger partial charge in [-0.2, -0.15) is 0 Å². The summed E-state index contributed by atoms with van der Waals surface area (Å²) in [7, 11) is 2.18. The summed E-state index contributed by atoms with van der Waals surface area (Å²) in [5, 5.41) is 0.819. The van der Waals surface area contributed by atoms with Gasteiger partial charge in [0.1, 0.15) is 12.1 Å². The van der Waals surface area contributed by atoms with Crippen molar-refractivity contribution in [2.45, 2.75) is 25.2 Å². The summed E-state index contributed by atoms with van der Waals surface area (Å²) in [6.07, 6.45) is 4.92. The lowest BCUT2D eigenvalue weighted by Crippen LogP contribution is -2.45. The Hall–Kier alpha value is -1.65. The van der Waals surface area contributed by atoms with E-state index in [9.17, 15) is 0 Å². The third kappa shape index (κ3) is 3.13. The largest absolute Gasteiger partial charge is 0.354 e. The molecule has 0 saturated carbocycles. The van der Waals surface area contributed by atoms with E-state index >= 15 is 0 Å². The zero-order chi connectivity index (χ0) is 16.5. The molecule has 1 unspecified atom stereocenters. The third-order valence-corrected chi connectivity index (χ3v) is 5.55. The molecule has 1 aromatic heterocycles. The minimum atomic E-state index is 0.506. The zero-order valence-corrected chi connectivity index (χ0v) is 14.8. The van der Waals surface area contributed by atoms with Gasteiger partial charge in [-0.25, -0.2) is 9.97 Å². The van der Waals surface area contributed by atoms with E-state index in [0.717, 1.165) is 56.3 Å². The van der Waals surface area contributed by atoms with Crippen LogP contribution in [0.4, 0.5) is 5.82 Å². The molecule has 1 atom stereocenters. The maximum Gasteiger partial charge on any atom is 0.135 e. The van der Waals surface area contributed by atoms with Crippen LogP contribution in [0.2, 0.25) is 5.02 Å². The highest BCUT2D eigenvalue weighted by atomic mass is 35.5. The molecule has 2 heterocycles. The van der Waals surface area contributed by atoms with E-state index in [1.807, 2.05) is 12.1 Å². The van der Waals surface area contributed by atoms with Crippen molar-refractivity contribution in [3.05, 3.63) is 52.4 Å². The summed E-state index contributed by atoms with van der Waals surface area (Å²) in [4.78, 5) is 14.0. The molecule has 0 radical (unpaired) electrons. The van der Waals surface area contributed by atoms with Gasteiger partial charge in [-0.05, 0) is 49.9 Å². The number of piperazine rings is 1. The van der Waals surface area contributed by atoms with Crippen molar-refractivity contribution in [3.63, 3.8) is 0 Å². The number of benzene rings is 1. The van der Waals surface area contributed by atoms with Crippen LogP contribution in [-0.2, 0) is 12.8 Å². The average molecular weight is 343 g/mol. The number of aromatic nitrogens is 2. The van der Waals surface area contributed by atoms with Gasteiger partial charge in [0.2, 0.25) is 0 Å². The second-order valence-corrected chi connectivity index (χ2v) is 7.34. The van der Waals surface area contributed by atoms with E-state index < -0.39 is 0 Å². The van der Waals surface area contributed by atoms with E-state index in [-0.39, 0.29) is 0 Å². The molecule has 5 heteroatoms. The van der Waals surface area contributed by atoms with Crippen molar-refractivity contribution < 1.29 is 0 Å². The van der Waals surface area contributed by atoms with Crippen LogP contribution in [-0.4, -0.2) is 48.1 Å². The molecule has 126 valence electrons. The smallest absolute Gasteiger partial charge is 0.135 e. The van der Waals surface area contributed by atoms with Gasteiger partial charge >= 0.3 is 0 Å². The maximum atomic E-state index is 6.17. The number of hydrogen-bond acceptors (Lipinski definition) is 4. The van der Waals surface area contributed by atoms with Crippen LogP contribution in [0.1, 0.15) is 29.2 Å². The van der Waals surface area contributed by atoms with Crippen LogP contribution in [0.5, 0.6) is 0 Å². The van der Waals surface area contributed by atoms with Crippen LogP contribution >= 0.6 is 11.6 Å². The standard InChI is InChI=1S/C19H23ClN4/c1-23-7-9-24(10-8-23)19-17-6-5-15(12-18(17)21-13-22-19)14-3-2-4-16(20)11-14/h2-4,11,13,15H,5-10,12H2,1H3. The predicted molar refractivity (Wildman–Crippen MR) is 98.0 cm³/mol. The van der Waals surface area contributed by atoms with Gasteiger partial charge in [-0.3, -0.25) is 0 Å². The Labute approximate surface area is 148 Å². The Morgan fingerprint density at radius 2 is 1.96 bits per heavy atom. The number of halogens is 1. The first kappa shape index (κ1) is 15.9. The quantitative estimate of drug-likeness (QED) is 0.839. The van der Waals surface area contributed by atoms with E-state index in [4.69, 9.17) is 11.6 Å². The van der Waals surface area contributed by atoms with Crippen molar-refractivity contribution in [1.82, 2.24) is 14.9 Å². The molecule has 0 spiro atoms. The third-order valence-electron chi connectivity index (χ3n) is 5.32. The van der Waals surface area contributed by atoms with Crippen molar-refractivity contribution in [1.29, 1.82) is 0 Å². The summed E-state index contributed by atoms with van der Waals surface area (Å²) in [5.74, 6) is 1.67. The van der Waals surface area contributed by atoms with Gasteiger partial charge in [-0.15, -0.1) is 0 Å². The van der Waals surface area contributed by atoms with E-state index in [0.29, 0.717) is 5.92 Å².